The first-order chi connectivity index (χ1) is 7.90. The molecule has 2 heteroatoms. The molecule has 0 fully saturated rings. The van der Waals surface area contributed by atoms with Crippen LogP contribution in [-0.2, 0) is 0 Å². The van der Waals surface area contributed by atoms with E-state index in [0.717, 1.165) is 11.5 Å². The van der Waals surface area contributed by atoms with Crippen molar-refractivity contribution in [3.05, 3.63) is 59.7 Å². The fourth-order valence-corrected chi connectivity index (χ4v) is 2.22. The highest BCUT2D eigenvalue weighted by Gasteiger charge is 2.24. The number of fused-ring (bicyclic) bond motifs is 2. The predicted octanol–water partition coefficient (Wildman–Crippen LogP) is 3.10. The van der Waals surface area contributed by atoms with E-state index in [4.69, 9.17) is 4.74 Å². The lowest BCUT2D eigenvalue weighted by Gasteiger charge is -2.27. The van der Waals surface area contributed by atoms with E-state index in [9.17, 15) is 0 Å². The Bertz CT molecular complexity index is 476. The van der Waals surface area contributed by atoms with E-state index in [2.05, 4.69) is 17.4 Å². The van der Waals surface area contributed by atoms with Gasteiger partial charge >= 0.3 is 0 Å². The van der Waals surface area contributed by atoms with Crippen LogP contribution in [0.25, 0.3) is 0 Å². The van der Waals surface area contributed by atoms with Crippen molar-refractivity contribution in [1.29, 1.82) is 0 Å². The van der Waals surface area contributed by atoms with E-state index in [1.54, 1.807) is 0 Å². The summed E-state index contributed by atoms with van der Waals surface area (Å²) in [6.07, 6.45) is 0. The van der Waals surface area contributed by atoms with Crippen molar-refractivity contribution in [2.75, 3.05) is 7.05 Å². The van der Waals surface area contributed by atoms with Gasteiger partial charge in [-0.3, -0.25) is 0 Å². The minimum atomic E-state index is 0.223. The molecule has 2 aromatic carbocycles. The minimum absolute atomic E-state index is 0.223. The second-order valence-electron chi connectivity index (χ2n) is 3.90. The number of hydrogen-bond acceptors (Lipinski definition) is 2. The maximum atomic E-state index is 5.87. The quantitative estimate of drug-likeness (QED) is 0.782. The Labute approximate surface area is 94.9 Å². The summed E-state index contributed by atoms with van der Waals surface area (Å²) in [5.41, 5.74) is 2.40. The molecule has 0 atom stereocenters. The molecule has 1 N–H and O–H groups in total. The summed E-state index contributed by atoms with van der Waals surface area (Å²) in [6.45, 7) is 0. The smallest absolute Gasteiger partial charge is 0.132 e. The molecule has 2 aromatic rings. The van der Waals surface area contributed by atoms with Crippen LogP contribution in [0.5, 0.6) is 11.5 Å². The molecule has 1 aliphatic heterocycles. The van der Waals surface area contributed by atoms with Crippen LogP contribution in [0, 0.1) is 0 Å². The monoisotopic (exact) mass is 211 g/mol. The van der Waals surface area contributed by atoms with Gasteiger partial charge in [-0.25, -0.2) is 0 Å². The highest BCUT2D eigenvalue weighted by Crippen LogP contribution is 2.41. The van der Waals surface area contributed by atoms with Gasteiger partial charge in [0.25, 0.3) is 0 Å². The van der Waals surface area contributed by atoms with E-state index >= 15 is 0 Å². The standard InChI is InChI=1S/C14H13NO/c1-15-14-10-6-2-4-8-12(10)16-13-9-5-3-7-11(13)14/h2-9,14-15H,1H3. The molecule has 16 heavy (non-hydrogen) atoms. The van der Waals surface area contributed by atoms with Gasteiger partial charge in [0.15, 0.2) is 0 Å². The van der Waals surface area contributed by atoms with Crippen molar-refractivity contribution in [3.8, 4) is 11.5 Å². The van der Waals surface area contributed by atoms with Gasteiger partial charge in [-0.05, 0) is 19.2 Å². The first-order valence-corrected chi connectivity index (χ1v) is 5.43. The van der Waals surface area contributed by atoms with E-state index in [1.165, 1.54) is 11.1 Å². The molecular formula is C14H13NO. The molecule has 0 saturated heterocycles. The molecule has 0 bridgehead atoms. The molecule has 0 spiro atoms. The third-order valence-corrected chi connectivity index (χ3v) is 2.97. The molecule has 0 radical (unpaired) electrons. The maximum Gasteiger partial charge on any atom is 0.132 e. The second kappa shape index (κ2) is 3.65. The molecule has 0 unspecified atom stereocenters. The van der Waals surface area contributed by atoms with E-state index in [1.807, 2.05) is 43.4 Å². The lowest BCUT2D eigenvalue weighted by atomic mass is 9.95. The van der Waals surface area contributed by atoms with Crippen LogP contribution >= 0.6 is 0 Å². The third kappa shape index (κ3) is 1.31. The second-order valence-corrected chi connectivity index (χ2v) is 3.90. The summed E-state index contributed by atoms with van der Waals surface area (Å²) in [4.78, 5) is 0. The summed E-state index contributed by atoms with van der Waals surface area (Å²) < 4.78 is 5.87. The Kier molecular flexibility index (Phi) is 2.15. The summed E-state index contributed by atoms with van der Waals surface area (Å²) in [7, 11) is 1.98. The third-order valence-electron chi connectivity index (χ3n) is 2.97. The van der Waals surface area contributed by atoms with Crippen LogP contribution < -0.4 is 10.1 Å². The first-order valence-electron chi connectivity index (χ1n) is 5.43. The largest absolute Gasteiger partial charge is 0.457 e. The minimum Gasteiger partial charge on any atom is -0.457 e. The van der Waals surface area contributed by atoms with Gasteiger partial charge < -0.3 is 10.1 Å². The van der Waals surface area contributed by atoms with Gasteiger partial charge in [-0.1, -0.05) is 36.4 Å². The molecule has 0 aliphatic carbocycles. The summed E-state index contributed by atoms with van der Waals surface area (Å²) in [6, 6.07) is 16.5. The van der Waals surface area contributed by atoms with Gasteiger partial charge in [0.05, 0.1) is 6.04 Å². The van der Waals surface area contributed by atoms with Crippen LogP contribution in [0.1, 0.15) is 17.2 Å². The zero-order chi connectivity index (χ0) is 11.0. The number of benzene rings is 2. The first kappa shape index (κ1) is 9.43. The lowest BCUT2D eigenvalue weighted by Crippen LogP contribution is -2.21. The molecule has 80 valence electrons. The van der Waals surface area contributed by atoms with Crippen LogP contribution in [0.2, 0.25) is 0 Å². The lowest BCUT2D eigenvalue weighted by molar-refractivity contribution is 0.436. The van der Waals surface area contributed by atoms with E-state index in [0.29, 0.717) is 0 Å². The SMILES string of the molecule is CNC1c2ccccc2Oc2ccccc21. The molecule has 2 nitrogen and oxygen atoms in total. The summed E-state index contributed by atoms with van der Waals surface area (Å²) in [5, 5.41) is 3.34. The molecule has 3 rings (SSSR count). The number of hydrogen-bond donors (Lipinski definition) is 1. The highest BCUT2D eigenvalue weighted by molar-refractivity contribution is 5.52. The summed E-state index contributed by atoms with van der Waals surface area (Å²) >= 11 is 0. The molecule has 0 aromatic heterocycles. The van der Waals surface area contributed by atoms with Crippen molar-refractivity contribution >= 4 is 0 Å². The highest BCUT2D eigenvalue weighted by atomic mass is 16.5. The average Bonchev–Trinajstić information content (AvgIpc) is 2.36. The Morgan fingerprint density at radius 2 is 1.38 bits per heavy atom. The van der Waals surface area contributed by atoms with Crippen molar-refractivity contribution in [2.45, 2.75) is 6.04 Å². The van der Waals surface area contributed by atoms with Gasteiger partial charge in [-0.2, -0.15) is 0 Å². The van der Waals surface area contributed by atoms with Gasteiger partial charge in [0.2, 0.25) is 0 Å². The number of rotatable bonds is 1. The fraction of sp³-hybridized carbons (Fsp3) is 0.143. The van der Waals surface area contributed by atoms with Crippen LogP contribution in [0.4, 0.5) is 0 Å². The molecule has 1 heterocycles. The van der Waals surface area contributed by atoms with E-state index < -0.39 is 0 Å². The normalized spacial score (nSPS) is 13.8. The molecule has 0 saturated carbocycles. The van der Waals surface area contributed by atoms with Crippen molar-refractivity contribution in [3.63, 3.8) is 0 Å². The average molecular weight is 211 g/mol. The zero-order valence-electron chi connectivity index (χ0n) is 9.10. The Morgan fingerprint density at radius 1 is 0.875 bits per heavy atom. The van der Waals surface area contributed by atoms with Gasteiger partial charge in [0, 0.05) is 11.1 Å². The predicted molar refractivity (Wildman–Crippen MR) is 63.9 cm³/mol. The Balaban J connectivity index is 2.19. The maximum absolute atomic E-state index is 5.87. The van der Waals surface area contributed by atoms with Crippen molar-refractivity contribution in [2.24, 2.45) is 0 Å². The zero-order valence-corrected chi connectivity index (χ0v) is 9.10. The van der Waals surface area contributed by atoms with E-state index in [-0.39, 0.29) is 6.04 Å². The Morgan fingerprint density at radius 3 is 1.88 bits per heavy atom. The molecule has 1 aliphatic rings. The van der Waals surface area contributed by atoms with Crippen molar-refractivity contribution in [1.82, 2.24) is 5.32 Å². The topological polar surface area (TPSA) is 21.3 Å². The van der Waals surface area contributed by atoms with Crippen LogP contribution in [0.3, 0.4) is 0 Å². The number of nitrogens with one attached hydrogen (secondary N) is 1. The molecule has 0 amide bonds. The van der Waals surface area contributed by atoms with Crippen LogP contribution in [-0.4, -0.2) is 7.05 Å². The number of ether oxygens (including phenoxy) is 1. The Hall–Kier alpha value is -1.80. The summed E-state index contributed by atoms with van der Waals surface area (Å²) in [5.74, 6) is 1.89. The van der Waals surface area contributed by atoms with Gasteiger partial charge in [-0.15, -0.1) is 0 Å². The molecular weight excluding hydrogens is 198 g/mol. The van der Waals surface area contributed by atoms with Crippen molar-refractivity contribution < 1.29 is 4.74 Å². The number of para-hydroxylation sites is 2. The van der Waals surface area contributed by atoms with Gasteiger partial charge in [0.1, 0.15) is 11.5 Å². The van der Waals surface area contributed by atoms with Crippen LogP contribution in [0.15, 0.2) is 48.5 Å². The fourth-order valence-electron chi connectivity index (χ4n) is 2.22.